The molecule has 0 aliphatic carbocycles. The number of hydrogen-bond acceptors (Lipinski definition) is 5. The number of sulfonamides is 1. The number of hydrogen-bond donors (Lipinski definition) is 0. The van der Waals surface area contributed by atoms with Crippen LogP contribution in [0.3, 0.4) is 0 Å². The Kier molecular flexibility index (Phi) is 6.19. The van der Waals surface area contributed by atoms with E-state index in [1.165, 1.54) is 4.31 Å². The molecule has 0 radical (unpaired) electrons. The molecule has 1 aliphatic heterocycles. The molecular formula is C26H25N5O3S. The van der Waals surface area contributed by atoms with E-state index in [4.69, 9.17) is 5.10 Å². The number of aromatic nitrogens is 3. The van der Waals surface area contributed by atoms with Gasteiger partial charge in [-0.3, -0.25) is 9.78 Å². The van der Waals surface area contributed by atoms with Crippen molar-refractivity contribution in [1.29, 1.82) is 0 Å². The molecule has 1 amide bonds. The minimum Gasteiger partial charge on any atom is -0.336 e. The molecule has 0 bridgehead atoms. The average Bonchev–Trinajstić information content (AvgIpc) is 3.35. The van der Waals surface area contributed by atoms with Gasteiger partial charge in [-0.1, -0.05) is 35.9 Å². The summed E-state index contributed by atoms with van der Waals surface area (Å²) in [5, 5.41) is 4.69. The molecule has 0 spiro atoms. The van der Waals surface area contributed by atoms with E-state index >= 15 is 0 Å². The molecule has 9 heteroatoms. The van der Waals surface area contributed by atoms with Crippen molar-refractivity contribution < 1.29 is 13.2 Å². The summed E-state index contributed by atoms with van der Waals surface area (Å²) in [5.74, 6) is -0.182. The first-order valence-corrected chi connectivity index (χ1v) is 12.8. The van der Waals surface area contributed by atoms with Gasteiger partial charge in [0.2, 0.25) is 10.0 Å². The van der Waals surface area contributed by atoms with E-state index in [9.17, 15) is 13.2 Å². The summed E-state index contributed by atoms with van der Waals surface area (Å²) in [6, 6.07) is 20.1. The van der Waals surface area contributed by atoms with Gasteiger partial charge in [-0.05, 0) is 43.3 Å². The molecule has 4 aromatic rings. The van der Waals surface area contributed by atoms with Gasteiger partial charge < -0.3 is 4.90 Å². The molecular weight excluding hydrogens is 462 g/mol. The Hall–Kier alpha value is -3.82. The lowest BCUT2D eigenvalue weighted by atomic mass is 10.1. The highest BCUT2D eigenvalue weighted by Crippen LogP contribution is 2.26. The molecule has 0 atom stereocenters. The highest BCUT2D eigenvalue weighted by molar-refractivity contribution is 7.89. The SMILES string of the molecule is Cc1ccc(S(=O)(=O)N2CCN(C(=O)c3cn(-c4ccccc4)nc3-c3cccnc3)CC2)cc1. The molecule has 0 unspecified atom stereocenters. The lowest BCUT2D eigenvalue weighted by molar-refractivity contribution is 0.0698. The quantitative estimate of drug-likeness (QED) is 0.431. The van der Waals surface area contributed by atoms with Crippen LogP contribution in [0, 0.1) is 6.92 Å². The maximum absolute atomic E-state index is 13.6. The fraction of sp³-hybridized carbons (Fsp3) is 0.192. The topological polar surface area (TPSA) is 88.4 Å². The van der Waals surface area contributed by atoms with Crippen LogP contribution >= 0.6 is 0 Å². The zero-order valence-electron chi connectivity index (χ0n) is 19.3. The van der Waals surface area contributed by atoms with E-state index in [1.807, 2.05) is 43.3 Å². The maximum Gasteiger partial charge on any atom is 0.257 e. The molecule has 178 valence electrons. The summed E-state index contributed by atoms with van der Waals surface area (Å²) in [4.78, 5) is 19.7. The van der Waals surface area contributed by atoms with Crippen LogP contribution in [0.1, 0.15) is 15.9 Å². The Bertz CT molecular complexity index is 1430. The Morgan fingerprint density at radius 1 is 0.886 bits per heavy atom. The highest BCUT2D eigenvalue weighted by Gasteiger charge is 2.32. The normalized spacial score (nSPS) is 14.7. The zero-order valence-corrected chi connectivity index (χ0v) is 20.1. The van der Waals surface area contributed by atoms with Crippen molar-refractivity contribution in [2.24, 2.45) is 0 Å². The van der Waals surface area contributed by atoms with Gasteiger partial charge in [0, 0.05) is 50.3 Å². The number of pyridine rings is 1. The highest BCUT2D eigenvalue weighted by atomic mass is 32.2. The summed E-state index contributed by atoms with van der Waals surface area (Å²) in [6.07, 6.45) is 5.09. The fourth-order valence-electron chi connectivity index (χ4n) is 4.12. The van der Waals surface area contributed by atoms with Crippen LogP contribution in [-0.2, 0) is 10.0 Å². The first kappa shape index (κ1) is 22.9. The smallest absolute Gasteiger partial charge is 0.257 e. The van der Waals surface area contributed by atoms with Crippen LogP contribution in [0.5, 0.6) is 0 Å². The molecule has 2 aromatic carbocycles. The predicted octanol–water partition coefficient (Wildman–Crippen LogP) is 3.39. The van der Waals surface area contributed by atoms with Gasteiger partial charge in [0.05, 0.1) is 16.1 Å². The van der Waals surface area contributed by atoms with Crippen molar-refractivity contribution in [2.45, 2.75) is 11.8 Å². The number of piperazine rings is 1. The largest absolute Gasteiger partial charge is 0.336 e. The van der Waals surface area contributed by atoms with Gasteiger partial charge >= 0.3 is 0 Å². The summed E-state index contributed by atoms with van der Waals surface area (Å²) < 4.78 is 29.2. The number of aryl methyl sites for hydroxylation is 1. The van der Waals surface area contributed by atoms with Crippen molar-refractivity contribution in [1.82, 2.24) is 24.0 Å². The second-order valence-electron chi connectivity index (χ2n) is 8.42. The van der Waals surface area contributed by atoms with Gasteiger partial charge in [0.1, 0.15) is 5.69 Å². The van der Waals surface area contributed by atoms with Crippen LogP contribution in [0.15, 0.2) is 90.2 Å². The van der Waals surface area contributed by atoms with E-state index in [1.54, 1.807) is 58.5 Å². The third-order valence-electron chi connectivity index (χ3n) is 6.08. The number of carbonyl (C=O) groups is 1. The molecule has 8 nitrogen and oxygen atoms in total. The summed E-state index contributed by atoms with van der Waals surface area (Å²) in [5.41, 5.74) is 3.58. The second-order valence-corrected chi connectivity index (χ2v) is 10.4. The number of benzene rings is 2. The zero-order chi connectivity index (χ0) is 24.4. The Morgan fingerprint density at radius 3 is 2.26 bits per heavy atom. The predicted molar refractivity (Wildman–Crippen MR) is 133 cm³/mol. The van der Waals surface area contributed by atoms with Crippen molar-refractivity contribution in [3.8, 4) is 16.9 Å². The van der Waals surface area contributed by atoms with Crippen LogP contribution in [0.2, 0.25) is 0 Å². The lowest BCUT2D eigenvalue weighted by Crippen LogP contribution is -2.50. The molecule has 3 heterocycles. The van der Waals surface area contributed by atoms with Gasteiger partial charge in [0.25, 0.3) is 5.91 Å². The summed E-state index contributed by atoms with van der Waals surface area (Å²) >= 11 is 0. The van der Waals surface area contributed by atoms with Crippen LogP contribution in [-0.4, -0.2) is 64.5 Å². The molecule has 0 N–H and O–H groups in total. The molecule has 1 fully saturated rings. The molecule has 1 saturated heterocycles. The van der Waals surface area contributed by atoms with Gasteiger partial charge in [0.15, 0.2) is 0 Å². The number of para-hydroxylation sites is 1. The van der Waals surface area contributed by atoms with Gasteiger partial charge in [-0.2, -0.15) is 9.40 Å². The van der Waals surface area contributed by atoms with Crippen molar-refractivity contribution in [2.75, 3.05) is 26.2 Å². The second kappa shape index (κ2) is 9.44. The standard InChI is InChI=1S/C26H25N5O3S/c1-20-9-11-23(12-10-20)35(33,34)30-16-14-29(15-17-30)26(32)24-19-31(22-7-3-2-4-8-22)28-25(24)21-6-5-13-27-18-21/h2-13,18-19H,14-17H2,1H3. The van der Waals surface area contributed by atoms with Crippen molar-refractivity contribution in [3.63, 3.8) is 0 Å². The molecule has 0 saturated carbocycles. The van der Waals surface area contributed by atoms with Crippen LogP contribution in [0.4, 0.5) is 0 Å². The third kappa shape index (κ3) is 4.60. The average molecular weight is 488 g/mol. The minimum absolute atomic E-state index is 0.182. The van der Waals surface area contributed by atoms with E-state index in [-0.39, 0.29) is 23.9 Å². The molecule has 2 aromatic heterocycles. The molecule has 35 heavy (non-hydrogen) atoms. The number of rotatable bonds is 5. The fourth-order valence-corrected chi connectivity index (χ4v) is 5.54. The Labute approximate surface area is 204 Å². The van der Waals surface area contributed by atoms with Crippen LogP contribution < -0.4 is 0 Å². The number of carbonyl (C=O) groups excluding carboxylic acids is 1. The van der Waals surface area contributed by atoms with Gasteiger partial charge in [-0.25, -0.2) is 13.1 Å². The summed E-state index contributed by atoms with van der Waals surface area (Å²) in [7, 11) is -3.60. The van der Waals surface area contributed by atoms with Crippen molar-refractivity contribution in [3.05, 3.63) is 96.4 Å². The Balaban J connectivity index is 1.39. The Morgan fingerprint density at radius 2 is 1.60 bits per heavy atom. The van der Waals surface area contributed by atoms with E-state index < -0.39 is 10.0 Å². The third-order valence-corrected chi connectivity index (χ3v) is 8.00. The lowest BCUT2D eigenvalue weighted by Gasteiger charge is -2.34. The van der Waals surface area contributed by atoms with Gasteiger partial charge in [-0.15, -0.1) is 0 Å². The molecule has 1 aliphatic rings. The molecule has 5 rings (SSSR count). The first-order valence-electron chi connectivity index (χ1n) is 11.3. The van der Waals surface area contributed by atoms with Crippen LogP contribution in [0.25, 0.3) is 16.9 Å². The monoisotopic (exact) mass is 487 g/mol. The van der Waals surface area contributed by atoms with E-state index in [0.717, 1.165) is 16.8 Å². The van der Waals surface area contributed by atoms with E-state index in [2.05, 4.69) is 4.98 Å². The van der Waals surface area contributed by atoms with Crippen molar-refractivity contribution >= 4 is 15.9 Å². The first-order chi connectivity index (χ1) is 16.9. The minimum atomic E-state index is -3.60. The summed E-state index contributed by atoms with van der Waals surface area (Å²) in [6.45, 7) is 2.98. The number of nitrogens with zero attached hydrogens (tertiary/aromatic N) is 5. The maximum atomic E-state index is 13.6. The number of amides is 1. The van der Waals surface area contributed by atoms with E-state index in [0.29, 0.717) is 24.3 Å².